The molecule has 0 spiro atoms. The van der Waals surface area contributed by atoms with Gasteiger partial charge in [0.1, 0.15) is 0 Å². The van der Waals surface area contributed by atoms with E-state index < -0.39 is 0 Å². The second-order valence-electron chi connectivity index (χ2n) is 13.1. The van der Waals surface area contributed by atoms with Gasteiger partial charge in [-0.05, 0) is 86.3 Å². The van der Waals surface area contributed by atoms with E-state index in [-0.39, 0.29) is 0 Å². The zero-order valence-electron chi connectivity index (χ0n) is 27.9. The van der Waals surface area contributed by atoms with Crippen molar-refractivity contribution >= 4 is 43.4 Å². The Morgan fingerprint density at radius 3 is 1.67 bits per heavy atom. The Kier molecular flexibility index (Phi) is 6.85. The van der Waals surface area contributed by atoms with E-state index in [1.165, 1.54) is 60.0 Å². The van der Waals surface area contributed by atoms with Gasteiger partial charge in [-0.2, -0.15) is 0 Å². The van der Waals surface area contributed by atoms with E-state index in [0.29, 0.717) is 0 Å². The molecular formula is C49H32N2. The van der Waals surface area contributed by atoms with Gasteiger partial charge in [0.25, 0.3) is 0 Å². The van der Waals surface area contributed by atoms with Crippen LogP contribution in [0.1, 0.15) is 0 Å². The van der Waals surface area contributed by atoms with E-state index >= 15 is 0 Å². The van der Waals surface area contributed by atoms with Gasteiger partial charge in [0.05, 0.1) is 22.4 Å². The molecule has 0 fully saturated rings. The maximum absolute atomic E-state index is 5.34. The molecule has 10 aromatic rings. The molecule has 238 valence electrons. The van der Waals surface area contributed by atoms with E-state index in [1.807, 2.05) is 0 Å². The van der Waals surface area contributed by atoms with Gasteiger partial charge in [0.2, 0.25) is 0 Å². The number of benzene rings is 8. The van der Waals surface area contributed by atoms with Gasteiger partial charge in [0, 0.05) is 27.6 Å². The highest BCUT2D eigenvalue weighted by Gasteiger charge is 2.19. The highest BCUT2D eigenvalue weighted by atomic mass is 15.0. The fraction of sp³-hybridized carbons (Fsp3) is 0. The normalized spacial score (nSPS) is 11.5. The SMILES string of the molecule is c1ccc(-c2cc(-c3ccccc3)nc(-c3cc4cccc(-c5cccc6c5c5ccccc5n6-c5ccccc5)c4c4ccccc34)c2)cc1. The minimum absolute atomic E-state index is 0.964. The molecule has 10 rings (SSSR count). The van der Waals surface area contributed by atoms with Crippen molar-refractivity contribution in [1.29, 1.82) is 0 Å². The van der Waals surface area contributed by atoms with Gasteiger partial charge in [0.15, 0.2) is 0 Å². The molecule has 2 heterocycles. The van der Waals surface area contributed by atoms with E-state index in [4.69, 9.17) is 4.98 Å². The van der Waals surface area contributed by atoms with Crippen molar-refractivity contribution in [2.45, 2.75) is 0 Å². The molecule has 0 aliphatic carbocycles. The molecule has 0 bridgehead atoms. The van der Waals surface area contributed by atoms with Crippen molar-refractivity contribution in [3.05, 3.63) is 194 Å². The fourth-order valence-electron chi connectivity index (χ4n) is 7.92. The van der Waals surface area contributed by atoms with Crippen LogP contribution < -0.4 is 0 Å². The lowest BCUT2D eigenvalue weighted by molar-refractivity contribution is 1.18. The molecule has 0 saturated carbocycles. The lowest BCUT2D eigenvalue weighted by Gasteiger charge is -2.16. The van der Waals surface area contributed by atoms with E-state index in [1.54, 1.807) is 0 Å². The minimum Gasteiger partial charge on any atom is -0.309 e. The average molecular weight is 649 g/mol. The van der Waals surface area contributed by atoms with Crippen LogP contribution in [0.5, 0.6) is 0 Å². The summed E-state index contributed by atoms with van der Waals surface area (Å²) in [6, 6.07) is 69.7. The van der Waals surface area contributed by atoms with Crippen LogP contribution in [0.25, 0.3) is 93.8 Å². The van der Waals surface area contributed by atoms with Gasteiger partial charge in [-0.1, -0.05) is 152 Å². The third-order valence-electron chi connectivity index (χ3n) is 10.2. The molecule has 2 aromatic heterocycles. The Morgan fingerprint density at radius 2 is 0.902 bits per heavy atom. The summed E-state index contributed by atoms with van der Waals surface area (Å²) in [6.45, 7) is 0. The number of hydrogen-bond donors (Lipinski definition) is 0. The lowest BCUT2D eigenvalue weighted by atomic mass is 9.88. The summed E-state index contributed by atoms with van der Waals surface area (Å²) in [7, 11) is 0. The van der Waals surface area contributed by atoms with Crippen LogP contribution in [0.15, 0.2) is 194 Å². The lowest BCUT2D eigenvalue weighted by Crippen LogP contribution is -1.94. The molecule has 0 atom stereocenters. The summed E-state index contributed by atoms with van der Waals surface area (Å²) in [5.41, 5.74) is 12.5. The second-order valence-corrected chi connectivity index (χ2v) is 13.1. The Hall–Kier alpha value is -6.77. The molecule has 2 heteroatoms. The van der Waals surface area contributed by atoms with Crippen LogP contribution in [-0.2, 0) is 0 Å². The van der Waals surface area contributed by atoms with Crippen molar-refractivity contribution < 1.29 is 0 Å². The number of para-hydroxylation sites is 2. The molecule has 8 aromatic carbocycles. The molecule has 0 aliphatic rings. The number of hydrogen-bond acceptors (Lipinski definition) is 1. The van der Waals surface area contributed by atoms with Gasteiger partial charge in [-0.15, -0.1) is 0 Å². The highest BCUT2D eigenvalue weighted by molar-refractivity contribution is 6.23. The van der Waals surface area contributed by atoms with E-state index in [0.717, 1.165) is 33.8 Å². The number of nitrogens with zero attached hydrogens (tertiary/aromatic N) is 2. The number of pyridine rings is 1. The first kappa shape index (κ1) is 29.2. The third kappa shape index (κ3) is 4.84. The summed E-state index contributed by atoms with van der Waals surface area (Å²) in [5, 5.41) is 7.37. The van der Waals surface area contributed by atoms with Gasteiger partial charge in [-0.25, -0.2) is 4.98 Å². The number of fused-ring (bicyclic) bond motifs is 6. The average Bonchev–Trinajstić information content (AvgIpc) is 3.56. The quantitative estimate of drug-likeness (QED) is 0.170. The van der Waals surface area contributed by atoms with Crippen molar-refractivity contribution in [3.63, 3.8) is 0 Å². The molecular weight excluding hydrogens is 617 g/mol. The van der Waals surface area contributed by atoms with Crippen LogP contribution in [0.3, 0.4) is 0 Å². The molecule has 0 amide bonds. The van der Waals surface area contributed by atoms with Crippen molar-refractivity contribution in [2.24, 2.45) is 0 Å². The predicted molar refractivity (Wildman–Crippen MR) is 215 cm³/mol. The minimum atomic E-state index is 0.964. The summed E-state index contributed by atoms with van der Waals surface area (Å²) >= 11 is 0. The molecule has 0 radical (unpaired) electrons. The van der Waals surface area contributed by atoms with Crippen LogP contribution in [0.4, 0.5) is 0 Å². The van der Waals surface area contributed by atoms with E-state index in [9.17, 15) is 0 Å². The monoisotopic (exact) mass is 648 g/mol. The molecule has 0 saturated heterocycles. The largest absolute Gasteiger partial charge is 0.309 e. The summed E-state index contributed by atoms with van der Waals surface area (Å²) < 4.78 is 2.39. The predicted octanol–water partition coefficient (Wildman–Crippen LogP) is 13.2. The molecule has 0 unspecified atom stereocenters. The molecule has 0 aliphatic heterocycles. The maximum Gasteiger partial charge on any atom is 0.0722 e. The first-order chi connectivity index (χ1) is 25.3. The Bertz CT molecular complexity index is 2830. The maximum atomic E-state index is 5.34. The van der Waals surface area contributed by atoms with Crippen molar-refractivity contribution in [3.8, 4) is 50.5 Å². The summed E-state index contributed by atoms with van der Waals surface area (Å²) in [5.74, 6) is 0. The third-order valence-corrected chi connectivity index (χ3v) is 10.2. The Balaban J connectivity index is 1.25. The molecule has 2 nitrogen and oxygen atoms in total. The molecule has 51 heavy (non-hydrogen) atoms. The van der Waals surface area contributed by atoms with E-state index in [2.05, 4.69) is 199 Å². The Morgan fingerprint density at radius 1 is 0.333 bits per heavy atom. The molecule has 0 N–H and O–H groups in total. The van der Waals surface area contributed by atoms with Gasteiger partial charge >= 0.3 is 0 Å². The number of aromatic nitrogens is 2. The smallest absolute Gasteiger partial charge is 0.0722 e. The second kappa shape index (κ2) is 12.0. The highest BCUT2D eigenvalue weighted by Crippen LogP contribution is 2.44. The van der Waals surface area contributed by atoms with Crippen molar-refractivity contribution in [1.82, 2.24) is 9.55 Å². The first-order valence-corrected chi connectivity index (χ1v) is 17.5. The van der Waals surface area contributed by atoms with Crippen LogP contribution in [0, 0.1) is 0 Å². The summed E-state index contributed by atoms with van der Waals surface area (Å²) in [4.78, 5) is 5.34. The first-order valence-electron chi connectivity index (χ1n) is 17.5. The Labute approximate surface area is 296 Å². The number of rotatable bonds is 5. The van der Waals surface area contributed by atoms with Crippen LogP contribution in [-0.4, -0.2) is 9.55 Å². The fourth-order valence-corrected chi connectivity index (χ4v) is 7.92. The van der Waals surface area contributed by atoms with Crippen LogP contribution >= 0.6 is 0 Å². The topological polar surface area (TPSA) is 17.8 Å². The summed E-state index contributed by atoms with van der Waals surface area (Å²) in [6.07, 6.45) is 0. The zero-order valence-corrected chi connectivity index (χ0v) is 27.9. The van der Waals surface area contributed by atoms with Gasteiger partial charge < -0.3 is 4.57 Å². The van der Waals surface area contributed by atoms with Crippen molar-refractivity contribution in [2.75, 3.05) is 0 Å². The van der Waals surface area contributed by atoms with Gasteiger partial charge in [-0.3, -0.25) is 0 Å². The standard InChI is InChI=1S/C49H32N2/c1-4-16-33(17-5-1)36-31-44(34-18-6-2-7-19-34)50-45(32-36)43-30-35-20-14-26-40(48(35)39-24-11-10-23-38(39)43)41-27-15-29-47-49(41)42-25-12-13-28-46(42)51(47)37-21-8-3-9-22-37/h1-32H. The zero-order chi connectivity index (χ0) is 33.7. The van der Waals surface area contributed by atoms with Crippen LogP contribution in [0.2, 0.25) is 0 Å².